The minimum Gasteiger partial charge on any atom is -0.325 e. The van der Waals surface area contributed by atoms with Crippen molar-refractivity contribution in [3.05, 3.63) is 59.9 Å². The van der Waals surface area contributed by atoms with Gasteiger partial charge in [-0.05, 0) is 24.1 Å². The monoisotopic (exact) mass is 296 g/mol. The Bertz CT molecular complexity index is 621. The highest BCUT2D eigenvalue weighted by atomic mass is 16.2. The molecule has 0 unspecified atom stereocenters. The average molecular weight is 296 g/mol. The molecule has 0 radical (unpaired) electrons. The zero-order chi connectivity index (χ0) is 15.8. The van der Waals surface area contributed by atoms with Crippen LogP contribution in [0.4, 0.5) is 5.69 Å². The maximum Gasteiger partial charge on any atom is 0.224 e. The Hall–Kier alpha value is -2.49. The lowest BCUT2D eigenvalue weighted by Crippen LogP contribution is -2.13. The van der Waals surface area contributed by atoms with Crippen molar-refractivity contribution >= 4 is 17.4 Å². The predicted octanol–water partition coefficient (Wildman–Crippen LogP) is 3.64. The number of carbonyl (C=O) groups is 2. The summed E-state index contributed by atoms with van der Waals surface area (Å²) in [6.45, 7) is 2.12. The Morgan fingerprint density at radius 3 is 2.50 bits per heavy atom. The Morgan fingerprint density at radius 1 is 1.09 bits per heavy atom. The summed E-state index contributed by atoms with van der Waals surface area (Å²) in [5, 5.41) is 2.72. The Morgan fingerprint density at radius 2 is 1.86 bits per heavy atom. The van der Waals surface area contributed by atoms with Gasteiger partial charge in [-0.1, -0.05) is 37.6 Å². The summed E-state index contributed by atoms with van der Waals surface area (Å²) in [4.78, 5) is 27.8. The summed E-state index contributed by atoms with van der Waals surface area (Å²) in [7, 11) is 0. The summed E-state index contributed by atoms with van der Waals surface area (Å²) in [6.07, 6.45) is 5.70. The van der Waals surface area contributed by atoms with Gasteiger partial charge in [0.2, 0.25) is 5.91 Å². The summed E-state index contributed by atoms with van der Waals surface area (Å²) in [5.74, 6) is -0.187. The van der Waals surface area contributed by atoms with Crippen LogP contribution in [0.2, 0.25) is 0 Å². The number of carbonyl (C=O) groups excluding carboxylic acids is 2. The molecule has 2 rings (SSSR count). The van der Waals surface area contributed by atoms with E-state index in [-0.39, 0.29) is 24.5 Å². The van der Waals surface area contributed by atoms with E-state index in [0.717, 1.165) is 12.8 Å². The largest absolute Gasteiger partial charge is 0.325 e. The van der Waals surface area contributed by atoms with Gasteiger partial charge in [0.1, 0.15) is 0 Å². The lowest BCUT2D eigenvalue weighted by atomic mass is 10.0. The van der Waals surface area contributed by atoms with Crippen LogP contribution in [-0.2, 0) is 11.2 Å². The molecule has 22 heavy (non-hydrogen) atoms. The van der Waals surface area contributed by atoms with Crippen LogP contribution < -0.4 is 5.32 Å². The fourth-order valence-corrected chi connectivity index (χ4v) is 2.18. The van der Waals surface area contributed by atoms with Crippen LogP contribution in [0.5, 0.6) is 0 Å². The van der Waals surface area contributed by atoms with Gasteiger partial charge in [-0.2, -0.15) is 0 Å². The molecule has 0 aliphatic heterocycles. The van der Waals surface area contributed by atoms with Gasteiger partial charge in [0.25, 0.3) is 0 Å². The molecule has 2 aromatic rings. The molecular weight excluding hydrogens is 276 g/mol. The second-order valence-electron chi connectivity index (χ2n) is 5.16. The van der Waals surface area contributed by atoms with E-state index in [1.807, 2.05) is 24.3 Å². The lowest BCUT2D eigenvalue weighted by Gasteiger charge is -2.05. The molecule has 1 amide bonds. The third-order valence-corrected chi connectivity index (χ3v) is 3.34. The van der Waals surface area contributed by atoms with Crippen molar-refractivity contribution in [3.8, 4) is 0 Å². The first kappa shape index (κ1) is 15.9. The number of benzene rings is 1. The molecule has 1 N–H and O–H groups in total. The highest BCUT2D eigenvalue weighted by molar-refractivity contribution is 5.99. The van der Waals surface area contributed by atoms with Crippen molar-refractivity contribution in [2.24, 2.45) is 0 Å². The molecule has 0 saturated carbocycles. The Balaban J connectivity index is 1.83. The number of nitrogens with zero attached hydrogens (tertiary/aromatic N) is 1. The predicted molar refractivity (Wildman–Crippen MR) is 86.9 cm³/mol. The van der Waals surface area contributed by atoms with Crippen LogP contribution in [0.1, 0.15) is 42.1 Å². The number of ketones is 1. The van der Waals surface area contributed by atoms with E-state index < -0.39 is 0 Å². The molecule has 0 spiro atoms. The fraction of sp³-hybridized carbons (Fsp3) is 0.278. The molecule has 0 saturated heterocycles. The fourth-order valence-electron chi connectivity index (χ4n) is 2.18. The Kier molecular flexibility index (Phi) is 5.83. The average Bonchev–Trinajstić information content (AvgIpc) is 2.54. The van der Waals surface area contributed by atoms with Crippen molar-refractivity contribution in [1.82, 2.24) is 4.98 Å². The molecule has 0 bridgehead atoms. The number of nitrogens with one attached hydrogen (secondary N) is 1. The summed E-state index contributed by atoms with van der Waals surface area (Å²) >= 11 is 0. The number of aryl methyl sites for hydroxylation is 1. The normalized spacial score (nSPS) is 10.2. The number of Topliss-reactive ketones (excluding diaryl/α,β-unsaturated/α-hetero) is 1. The number of hydrogen-bond acceptors (Lipinski definition) is 3. The lowest BCUT2D eigenvalue weighted by molar-refractivity contribution is -0.116. The van der Waals surface area contributed by atoms with Gasteiger partial charge in [-0.25, -0.2) is 0 Å². The maximum atomic E-state index is 12.1. The number of aromatic nitrogens is 1. The molecular formula is C18H20N2O2. The van der Waals surface area contributed by atoms with Gasteiger partial charge in [0.15, 0.2) is 5.78 Å². The van der Waals surface area contributed by atoms with Crippen LogP contribution >= 0.6 is 0 Å². The molecule has 4 nitrogen and oxygen atoms in total. The molecule has 0 aliphatic rings. The van der Waals surface area contributed by atoms with Gasteiger partial charge in [0.05, 0.1) is 11.9 Å². The third-order valence-electron chi connectivity index (χ3n) is 3.34. The number of hydrogen-bond donors (Lipinski definition) is 1. The second kappa shape index (κ2) is 8.08. The van der Waals surface area contributed by atoms with Gasteiger partial charge >= 0.3 is 0 Å². The van der Waals surface area contributed by atoms with E-state index in [4.69, 9.17) is 0 Å². The van der Waals surface area contributed by atoms with Crippen LogP contribution in [0.3, 0.4) is 0 Å². The van der Waals surface area contributed by atoms with E-state index in [9.17, 15) is 9.59 Å². The highest BCUT2D eigenvalue weighted by Gasteiger charge is 2.09. The van der Waals surface area contributed by atoms with Crippen LogP contribution in [-0.4, -0.2) is 16.7 Å². The number of pyridine rings is 1. The molecule has 0 aliphatic carbocycles. The topological polar surface area (TPSA) is 59.1 Å². The van der Waals surface area contributed by atoms with Crippen LogP contribution in [0.15, 0.2) is 48.8 Å². The zero-order valence-electron chi connectivity index (χ0n) is 12.7. The zero-order valence-corrected chi connectivity index (χ0v) is 12.7. The summed E-state index contributed by atoms with van der Waals surface area (Å²) in [5.41, 5.74) is 2.53. The molecule has 1 aromatic heterocycles. The first-order valence-corrected chi connectivity index (χ1v) is 7.51. The first-order chi connectivity index (χ1) is 10.7. The molecule has 114 valence electrons. The SMILES string of the molecule is CCCc1ccc(C(=O)CCC(=O)Nc2cccnc2)cc1. The number of amides is 1. The van der Waals surface area contributed by atoms with Crippen LogP contribution in [0, 0.1) is 0 Å². The molecule has 0 fully saturated rings. The van der Waals surface area contributed by atoms with Gasteiger partial charge in [0, 0.05) is 24.6 Å². The van der Waals surface area contributed by atoms with Crippen molar-refractivity contribution in [2.75, 3.05) is 5.32 Å². The highest BCUT2D eigenvalue weighted by Crippen LogP contribution is 2.11. The van der Waals surface area contributed by atoms with E-state index in [0.29, 0.717) is 11.3 Å². The number of rotatable bonds is 7. The first-order valence-electron chi connectivity index (χ1n) is 7.51. The smallest absolute Gasteiger partial charge is 0.224 e. The standard InChI is InChI=1S/C18H20N2O2/c1-2-4-14-6-8-15(9-7-14)17(21)10-11-18(22)20-16-5-3-12-19-13-16/h3,5-9,12-13H,2,4,10-11H2,1H3,(H,20,22). The van der Waals surface area contributed by atoms with E-state index in [1.165, 1.54) is 5.56 Å². The second-order valence-corrected chi connectivity index (χ2v) is 5.16. The van der Waals surface area contributed by atoms with Gasteiger partial charge in [-0.3, -0.25) is 14.6 Å². The van der Waals surface area contributed by atoms with E-state index in [2.05, 4.69) is 17.2 Å². The number of anilines is 1. The van der Waals surface area contributed by atoms with Crippen LogP contribution in [0.25, 0.3) is 0 Å². The van der Waals surface area contributed by atoms with E-state index in [1.54, 1.807) is 24.5 Å². The summed E-state index contributed by atoms with van der Waals surface area (Å²) < 4.78 is 0. The molecule has 1 aromatic carbocycles. The summed E-state index contributed by atoms with van der Waals surface area (Å²) in [6, 6.07) is 11.1. The Labute approximate surface area is 130 Å². The van der Waals surface area contributed by atoms with Gasteiger partial charge < -0.3 is 5.32 Å². The van der Waals surface area contributed by atoms with E-state index >= 15 is 0 Å². The molecule has 4 heteroatoms. The van der Waals surface area contributed by atoms with Crippen molar-refractivity contribution in [2.45, 2.75) is 32.6 Å². The minimum absolute atomic E-state index is 0.00983. The molecule has 0 atom stereocenters. The molecule has 1 heterocycles. The minimum atomic E-state index is -0.177. The van der Waals surface area contributed by atoms with Crippen molar-refractivity contribution in [1.29, 1.82) is 0 Å². The maximum absolute atomic E-state index is 12.1. The third kappa shape index (κ3) is 4.81. The van der Waals surface area contributed by atoms with Gasteiger partial charge in [-0.15, -0.1) is 0 Å². The van der Waals surface area contributed by atoms with Crippen molar-refractivity contribution in [3.63, 3.8) is 0 Å². The quantitative estimate of drug-likeness (QED) is 0.794. The van der Waals surface area contributed by atoms with Crippen molar-refractivity contribution < 1.29 is 9.59 Å².